The van der Waals surface area contributed by atoms with E-state index in [-0.39, 0.29) is 5.91 Å². The second-order valence-corrected chi connectivity index (χ2v) is 6.14. The van der Waals surface area contributed by atoms with Gasteiger partial charge >= 0.3 is 0 Å². The third-order valence-electron chi connectivity index (χ3n) is 4.60. The van der Waals surface area contributed by atoms with Crippen LogP contribution < -0.4 is 0 Å². The van der Waals surface area contributed by atoms with Crippen LogP contribution in [-0.2, 0) is 12.8 Å². The van der Waals surface area contributed by atoms with Crippen LogP contribution in [0.5, 0.6) is 0 Å². The molecule has 1 aromatic carbocycles. The van der Waals surface area contributed by atoms with E-state index in [1.165, 1.54) is 30.4 Å². The van der Waals surface area contributed by atoms with E-state index in [0.29, 0.717) is 0 Å². The number of nitrogens with zero attached hydrogens (tertiary/aromatic N) is 2. The monoisotopic (exact) mass is 272 g/mol. The number of likely N-dealkylation sites (N-methyl/N-ethyl adjacent to an activating group) is 1. The summed E-state index contributed by atoms with van der Waals surface area (Å²) >= 11 is 0. The van der Waals surface area contributed by atoms with Crippen LogP contribution >= 0.6 is 0 Å². The number of hydrogen-bond acceptors (Lipinski definition) is 2. The van der Waals surface area contributed by atoms with Gasteiger partial charge in [0.25, 0.3) is 5.91 Å². The van der Waals surface area contributed by atoms with Gasteiger partial charge in [-0.2, -0.15) is 0 Å². The highest BCUT2D eigenvalue weighted by Crippen LogP contribution is 2.23. The molecule has 1 fully saturated rings. The SMILES string of the molecule is CN1CCCN(C(=O)c2ccc3c(c2)CCCC3)CC1. The fourth-order valence-electron chi connectivity index (χ4n) is 3.30. The summed E-state index contributed by atoms with van der Waals surface area (Å²) < 4.78 is 0. The summed E-state index contributed by atoms with van der Waals surface area (Å²) in [6, 6.07) is 6.35. The third kappa shape index (κ3) is 2.88. The molecule has 0 spiro atoms. The molecule has 0 N–H and O–H groups in total. The zero-order chi connectivity index (χ0) is 13.9. The Bertz CT molecular complexity index is 498. The zero-order valence-corrected chi connectivity index (χ0v) is 12.4. The van der Waals surface area contributed by atoms with Crippen molar-refractivity contribution < 1.29 is 4.79 Å². The summed E-state index contributed by atoms with van der Waals surface area (Å²) in [7, 11) is 2.13. The fourth-order valence-corrected chi connectivity index (χ4v) is 3.30. The van der Waals surface area contributed by atoms with Crippen molar-refractivity contribution in [1.29, 1.82) is 0 Å². The fraction of sp³-hybridized carbons (Fsp3) is 0.588. The van der Waals surface area contributed by atoms with Gasteiger partial charge in [-0.05, 0) is 69.0 Å². The van der Waals surface area contributed by atoms with E-state index in [0.717, 1.165) is 44.6 Å². The standard InChI is InChI=1S/C17H24N2O/c1-18-9-4-10-19(12-11-18)17(20)16-8-7-14-5-2-3-6-15(14)13-16/h7-8,13H,2-6,9-12H2,1H3. The molecular formula is C17H24N2O. The van der Waals surface area contributed by atoms with Gasteiger partial charge in [0.15, 0.2) is 0 Å². The van der Waals surface area contributed by atoms with Crippen LogP contribution in [0.2, 0.25) is 0 Å². The molecule has 2 aliphatic rings. The molecule has 0 aromatic heterocycles. The summed E-state index contributed by atoms with van der Waals surface area (Å²) in [6.07, 6.45) is 5.95. The van der Waals surface area contributed by atoms with Crippen molar-refractivity contribution in [3.8, 4) is 0 Å². The van der Waals surface area contributed by atoms with Crippen molar-refractivity contribution in [2.45, 2.75) is 32.1 Å². The maximum absolute atomic E-state index is 12.7. The number of amides is 1. The Morgan fingerprint density at radius 1 is 0.950 bits per heavy atom. The average Bonchev–Trinajstić information content (AvgIpc) is 2.71. The van der Waals surface area contributed by atoms with Crippen LogP contribution in [0.1, 0.15) is 40.7 Å². The van der Waals surface area contributed by atoms with E-state index in [9.17, 15) is 4.79 Å². The summed E-state index contributed by atoms with van der Waals surface area (Å²) in [6.45, 7) is 3.82. The summed E-state index contributed by atoms with van der Waals surface area (Å²) in [5, 5.41) is 0. The van der Waals surface area contributed by atoms with E-state index in [2.05, 4.69) is 24.1 Å². The van der Waals surface area contributed by atoms with Gasteiger partial charge in [-0.15, -0.1) is 0 Å². The van der Waals surface area contributed by atoms with Gasteiger partial charge in [-0.1, -0.05) is 6.07 Å². The molecule has 0 bridgehead atoms. The van der Waals surface area contributed by atoms with E-state index in [1.807, 2.05) is 11.0 Å². The van der Waals surface area contributed by atoms with Crippen LogP contribution in [0.25, 0.3) is 0 Å². The van der Waals surface area contributed by atoms with E-state index in [4.69, 9.17) is 0 Å². The molecule has 108 valence electrons. The van der Waals surface area contributed by atoms with E-state index in [1.54, 1.807) is 0 Å². The van der Waals surface area contributed by atoms with Gasteiger partial charge < -0.3 is 9.80 Å². The number of carbonyl (C=O) groups is 1. The molecule has 1 amide bonds. The Labute approximate surface area is 121 Å². The average molecular weight is 272 g/mol. The molecule has 20 heavy (non-hydrogen) atoms. The molecule has 1 heterocycles. The minimum atomic E-state index is 0.216. The Morgan fingerprint density at radius 2 is 1.75 bits per heavy atom. The highest BCUT2D eigenvalue weighted by molar-refractivity contribution is 5.94. The van der Waals surface area contributed by atoms with Gasteiger partial charge in [-0.25, -0.2) is 0 Å². The lowest BCUT2D eigenvalue weighted by Crippen LogP contribution is -2.34. The topological polar surface area (TPSA) is 23.6 Å². The summed E-state index contributed by atoms with van der Waals surface area (Å²) in [4.78, 5) is 17.0. The number of aryl methyl sites for hydroxylation is 2. The number of carbonyl (C=O) groups excluding carboxylic acids is 1. The quantitative estimate of drug-likeness (QED) is 0.783. The zero-order valence-electron chi connectivity index (χ0n) is 12.4. The molecule has 0 unspecified atom stereocenters. The molecule has 3 heteroatoms. The number of fused-ring (bicyclic) bond motifs is 1. The normalized spacial score (nSPS) is 20.4. The molecule has 0 radical (unpaired) electrons. The van der Waals surface area contributed by atoms with Gasteiger partial charge in [0.1, 0.15) is 0 Å². The smallest absolute Gasteiger partial charge is 0.253 e. The van der Waals surface area contributed by atoms with Gasteiger partial charge in [0.2, 0.25) is 0 Å². The molecule has 3 rings (SSSR count). The summed E-state index contributed by atoms with van der Waals surface area (Å²) in [5.74, 6) is 0.216. The van der Waals surface area contributed by atoms with Crippen molar-refractivity contribution in [3.05, 3.63) is 34.9 Å². The van der Waals surface area contributed by atoms with Crippen molar-refractivity contribution in [2.24, 2.45) is 0 Å². The molecule has 1 aliphatic carbocycles. The van der Waals surface area contributed by atoms with Gasteiger partial charge in [-0.3, -0.25) is 4.79 Å². The van der Waals surface area contributed by atoms with Crippen molar-refractivity contribution in [2.75, 3.05) is 33.2 Å². The van der Waals surface area contributed by atoms with Crippen LogP contribution in [0.15, 0.2) is 18.2 Å². The van der Waals surface area contributed by atoms with Gasteiger partial charge in [0, 0.05) is 25.2 Å². The molecule has 1 aliphatic heterocycles. The maximum Gasteiger partial charge on any atom is 0.253 e. The van der Waals surface area contributed by atoms with Crippen LogP contribution in [0, 0.1) is 0 Å². The lowest BCUT2D eigenvalue weighted by atomic mass is 9.90. The molecule has 1 aromatic rings. The first kappa shape index (κ1) is 13.6. The third-order valence-corrected chi connectivity index (χ3v) is 4.60. The number of rotatable bonds is 1. The lowest BCUT2D eigenvalue weighted by molar-refractivity contribution is 0.0762. The second-order valence-electron chi connectivity index (χ2n) is 6.14. The lowest BCUT2D eigenvalue weighted by Gasteiger charge is -2.22. The molecule has 0 saturated carbocycles. The van der Waals surface area contributed by atoms with Crippen LogP contribution in [0.4, 0.5) is 0 Å². The van der Waals surface area contributed by atoms with E-state index >= 15 is 0 Å². The first-order chi connectivity index (χ1) is 9.74. The van der Waals surface area contributed by atoms with Crippen molar-refractivity contribution in [1.82, 2.24) is 9.80 Å². The highest BCUT2D eigenvalue weighted by Gasteiger charge is 2.20. The van der Waals surface area contributed by atoms with Crippen LogP contribution in [0.3, 0.4) is 0 Å². The molecule has 1 saturated heterocycles. The van der Waals surface area contributed by atoms with Gasteiger partial charge in [0.05, 0.1) is 0 Å². The van der Waals surface area contributed by atoms with E-state index < -0.39 is 0 Å². The predicted molar refractivity (Wildman–Crippen MR) is 81.1 cm³/mol. The maximum atomic E-state index is 12.7. The minimum Gasteiger partial charge on any atom is -0.337 e. The predicted octanol–water partition coefficient (Wildman–Crippen LogP) is 2.34. The largest absolute Gasteiger partial charge is 0.337 e. The Morgan fingerprint density at radius 3 is 2.60 bits per heavy atom. The molecule has 0 atom stereocenters. The Kier molecular flexibility index (Phi) is 4.06. The van der Waals surface area contributed by atoms with Crippen molar-refractivity contribution >= 4 is 5.91 Å². The first-order valence-corrected chi connectivity index (χ1v) is 7.83. The molecule has 3 nitrogen and oxygen atoms in total. The minimum absolute atomic E-state index is 0.216. The second kappa shape index (κ2) is 5.96. The number of benzene rings is 1. The molecular weight excluding hydrogens is 248 g/mol. The number of hydrogen-bond donors (Lipinski definition) is 0. The Hall–Kier alpha value is -1.35. The first-order valence-electron chi connectivity index (χ1n) is 7.83. The van der Waals surface area contributed by atoms with Crippen LogP contribution in [-0.4, -0.2) is 48.9 Å². The highest BCUT2D eigenvalue weighted by atomic mass is 16.2. The summed E-state index contributed by atoms with van der Waals surface area (Å²) in [5.41, 5.74) is 3.73. The van der Waals surface area contributed by atoms with Crippen molar-refractivity contribution in [3.63, 3.8) is 0 Å². The Balaban J connectivity index is 1.76.